The van der Waals surface area contributed by atoms with E-state index in [0.29, 0.717) is 25.0 Å². The van der Waals surface area contributed by atoms with E-state index in [1.54, 1.807) is 38.2 Å². The summed E-state index contributed by atoms with van der Waals surface area (Å²) >= 11 is 0. The molecule has 1 N–H and O–H groups in total. The van der Waals surface area contributed by atoms with E-state index in [1.165, 1.54) is 0 Å². The average molecular weight is 360 g/mol. The molecule has 0 aromatic carbocycles. The van der Waals surface area contributed by atoms with E-state index in [-0.39, 0.29) is 24.9 Å². The van der Waals surface area contributed by atoms with Gasteiger partial charge in [0.2, 0.25) is 0 Å². The molecule has 1 rings (SSSR count). The Morgan fingerprint density at radius 3 is 2.52 bits per heavy atom. The van der Waals surface area contributed by atoms with Crippen molar-refractivity contribution in [3.05, 3.63) is 30.1 Å². The highest BCUT2D eigenvalue weighted by Crippen LogP contribution is 2.18. The van der Waals surface area contributed by atoms with Gasteiger partial charge in [0, 0.05) is 18.7 Å². The Morgan fingerprint density at radius 1 is 1.24 bits per heavy atom. The van der Waals surface area contributed by atoms with Crippen LogP contribution in [0.5, 0.6) is 0 Å². The topological polar surface area (TPSA) is 68.3 Å². The Kier molecular flexibility index (Phi) is 8.37. The molecule has 1 aromatic rings. The Hall–Kier alpha value is -2.12. The van der Waals surface area contributed by atoms with E-state index in [9.17, 15) is 22.8 Å². The molecule has 5 nitrogen and oxygen atoms in total. The van der Waals surface area contributed by atoms with E-state index in [1.807, 2.05) is 5.32 Å². The van der Waals surface area contributed by atoms with Gasteiger partial charge < -0.3 is 10.1 Å². The van der Waals surface area contributed by atoms with Gasteiger partial charge >= 0.3 is 18.1 Å². The number of esters is 1. The standard InChI is InChI=1S/C17H23F3N2O3/c1-12(2)14(22-16(24)17(18,19)20)8-3-4-9-15(23)25-11-13-7-5-6-10-21-13/h5-7,10,12,14H,3-4,8-9,11H2,1-2H3,(H,22,24). The number of halogens is 3. The molecule has 25 heavy (non-hydrogen) atoms. The number of ether oxygens (including phenoxy) is 1. The fourth-order valence-electron chi connectivity index (χ4n) is 2.17. The maximum absolute atomic E-state index is 12.3. The highest BCUT2D eigenvalue weighted by molar-refractivity contribution is 5.81. The summed E-state index contributed by atoms with van der Waals surface area (Å²) < 4.78 is 42.0. The van der Waals surface area contributed by atoms with Gasteiger partial charge in [-0.05, 0) is 30.9 Å². The van der Waals surface area contributed by atoms with Gasteiger partial charge in [-0.25, -0.2) is 0 Å². The molecule has 0 bridgehead atoms. The molecular weight excluding hydrogens is 337 g/mol. The monoisotopic (exact) mass is 360 g/mol. The average Bonchev–Trinajstić information content (AvgIpc) is 2.55. The van der Waals surface area contributed by atoms with Crippen LogP contribution in [0.2, 0.25) is 0 Å². The predicted octanol–water partition coefficient (Wildman–Crippen LogP) is 3.39. The first-order chi connectivity index (χ1) is 11.7. The first kappa shape index (κ1) is 20.9. The van der Waals surface area contributed by atoms with Crippen LogP contribution in [0.3, 0.4) is 0 Å². The molecule has 1 atom stereocenters. The molecule has 1 aromatic heterocycles. The van der Waals surface area contributed by atoms with Crippen LogP contribution in [0.4, 0.5) is 13.2 Å². The Bertz CT molecular complexity index is 548. The van der Waals surface area contributed by atoms with Crippen LogP contribution in [0.25, 0.3) is 0 Å². The van der Waals surface area contributed by atoms with Crippen LogP contribution in [-0.4, -0.2) is 29.1 Å². The van der Waals surface area contributed by atoms with Crippen molar-refractivity contribution in [1.29, 1.82) is 0 Å². The number of amides is 1. The van der Waals surface area contributed by atoms with Crippen LogP contribution in [0.1, 0.15) is 45.2 Å². The number of carbonyl (C=O) groups is 2. The summed E-state index contributed by atoms with van der Waals surface area (Å²) in [6.45, 7) is 3.57. The SMILES string of the molecule is CC(C)C(CCCCC(=O)OCc1ccccn1)NC(=O)C(F)(F)F. The van der Waals surface area contributed by atoms with E-state index >= 15 is 0 Å². The number of rotatable bonds is 9. The first-order valence-electron chi connectivity index (χ1n) is 8.13. The molecule has 140 valence electrons. The number of nitrogens with one attached hydrogen (secondary N) is 1. The Morgan fingerprint density at radius 2 is 1.96 bits per heavy atom. The van der Waals surface area contributed by atoms with E-state index in [4.69, 9.17) is 4.74 Å². The third-order valence-electron chi connectivity index (χ3n) is 3.63. The molecule has 0 spiro atoms. The molecule has 0 radical (unpaired) electrons. The van der Waals surface area contributed by atoms with Crippen LogP contribution >= 0.6 is 0 Å². The highest BCUT2D eigenvalue weighted by atomic mass is 19.4. The number of hydrogen-bond acceptors (Lipinski definition) is 4. The van der Waals surface area contributed by atoms with Gasteiger partial charge in [0.15, 0.2) is 0 Å². The zero-order valence-corrected chi connectivity index (χ0v) is 14.3. The molecular formula is C17H23F3N2O3. The maximum Gasteiger partial charge on any atom is 0.471 e. The molecule has 1 heterocycles. The number of hydrogen-bond donors (Lipinski definition) is 1. The van der Waals surface area contributed by atoms with E-state index in [0.717, 1.165) is 0 Å². The zero-order valence-electron chi connectivity index (χ0n) is 14.3. The number of unbranched alkanes of at least 4 members (excludes halogenated alkanes) is 1. The van der Waals surface area contributed by atoms with Crippen LogP contribution in [0.15, 0.2) is 24.4 Å². The minimum absolute atomic E-state index is 0.0932. The molecule has 0 saturated carbocycles. The van der Waals surface area contributed by atoms with Gasteiger partial charge in [-0.15, -0.1) is 0 Å². The van der Waals surface area contributed by atoms with E-state index in [2.05, 4.69) is 4.98 Å². The fourth-order valence-corrected chi connectivity index (χ4v) is 2.17. The number of nitrogens with zero attached hydrogens (tertiary/aromatic N) is 1. The van der Waals surface area contributed by atoms with Crippen molar-refractivity contribution >= 4 is 11.9 Å². The van der Waals surface area contributed by atoms with Gasteiger partial charge in [-0.3, -0.25) is 14.6 Å². The van der Waals surface area contributed by atoms with Crippen LogP contribution in [0, 0.1) is 5.92 Å². The lowest BCUT2D eigenvalue weighted by molar-refractivity contribution is -0.174. The predicted molar refractivity (Wildman–Crippen MR) is 85.3 cm³/mol. The fraction of sp³-hybridized carbons (Fsp3) is 0.588. The van der Waals surface area contributed by atoms with Crippen molar-refractivity contribution in [3.63, 3.8) is 0 Å². The Balaban J connectivity index is 2.27. The third kappa shape index (κ3) is 8.51. The molecule has 1 unspecified atom stereocenters. The third-order valence-corrected chi connectivity index (χ3v) is 3.63. The van der Waals surface area contributed by atoms with Crippen molar-refractivity contribution < 1.29 is 27.5 Å². The second-order valence-electron chi connectivity index (χ2n) is 6.05. The quantitative estimate of drug-likeness (QED) is 0.541. The van der Waals surface area contributed by atoms with Gasteiger partial charge in [0.1, 0.15) is 6.61 Å². The van der Waals surface area contributed by atoms with Crippen molar-refractivity contribution in [2.24, 2.45) is 5.92 Å². The number of carbonyl (C=O) groups excluding carboxylic acids is 2. The van der Waals surface area contributed by atoms with Crippen molar-refractivity contribution in [2.45, 2.75) is 58.4 Å². The maximum atomic E-state index is 12.3. The smallest absolute Gasteiger partial charge is 0.459 e. The summed E-state index contributed by atoms with van der Waals surface area (Å²) in [6.07, 6.45) is -1.75. The van der Waals surface area contributed by atoms with Crippen molar-refractivity contribution in [2.75, 3.05) is 0 Å². The first-order valence-corrected chi connectivity index (χ1v) is 8.13. The summed E-state index contributed by atoms with van der Waals surface area (Å²) in [5.41, 5.74) is 0.644. The summed E-state index contributed by atoms with van der Waals surface area (Å²) in [6, 6.07) is 4.70. The largest absolute Gasteiger partial charge is 0.471 e. The Labute approximate surface area is 145 Å². The van der Waals surface area contributed by atoms with Crippen LogP contribution < -0.4 is 5.32 Å². The zero-order chi connectivity index (χ0) is 18.9. The molecule has 0 fully saturated rings. The molecule has 8 heteroatoms. The summed E-state index contributed by atoms with van der Waals surface area (Å²) in [7, 11) is 0. The number of aromatic nitrogens is 1. The molecule has 0 saturated heterocycles. The second kappa shape index (κ2) is 10.0. The molecule has 0 aliphatic carbocycles. The van der Waals surface area contributed by atoms with Crippen molar-refractivity contribution in [3.8, 4) is 0 Å². The van der Waals surface area contributed by atoms with Gasteiger partial charge in [0.05, 0.1) is 5.69 Å². The summed E-state index contributed by atoms with van der Waals surface area (Å²) in [4.78, 5) is 26.7. The molecule has 1 amide bonds. The summed E-state index contributed by atoms with van der Waals surface area (Å²) in [5.74, 6) is -2.45. The van der Waals surface area contributed by atoms with Gasteiger partial charge in [0.25, 0.3) is 0 Å². The number of alkyl halides is 3. The highest BCUT2D eigenvalue weighted by Gasteiger charge is 2.39. The summed E-state index contributed by atoms with van der Waals surface area (Å²) in [5, 5.41) is 2.00. The number of pyridine rings is 1. The molecule has 0 aliphatic heterocycles. The minimum Gasteiger partial charge on any atom is -0.459 e. The van der Waals surface area contributed by atoms with Crippen LogP contribution in [-0.2, 0) is 20.9 Å². The second-order valence-corrected chi connectivity index (χ2v) is 6.05. The lowest BCUT2D eigenvalue weighted by atomic mass is 9.97. The minimum atomic E-state index is -4.89. The lowest BCUT2D eigenvalue weighted by Crippen LogP contribution is -2.45. The van der Waals surface area contributed by atoms with Gasteiger partial charge in [-0.1, -0.05) is 26.3 Å². The normalized spacial score (nSPS) is 12.7. The molecule has 0 aliphatic rings. The van der Waals surface area contributed by atoms with Gasteiger partial charge in [-0.2, -0.15) is 13.2 Å². The van der Waals surface area contributed by atoms with E-state index < -0.39 is 18.1 Å². The van der Waals surface area contributed by atoms with Crippen molar-refractivity contribution in [1.82, 2.24) is 10.3 Å². The lowest BCUT2D eigenvalue weighted by Gasteiger charge is -2.23.